The van der Waals surface area contributed by atoms with E-state index in [1.165, 1.54) is 37.7 Å². The lowest BCUT2D eigenvalue weighted by atomic mass is 9.95. The average Bonchev–Trinajstić information content (AvgIpc) is 3.34. The van der Waals surface area contributed by atoms with E-state index < -0.39 is 0 Å². The molecule has 0 spiro atoms. The third-order valence-corrected chi connectivity index (χ3v) is 5.12. The topological polar surface area (TPSA) is 59.8 Å². The predicted molar refractivity (Wildman–Crippen MR) is 89.3 cm³/mol. The lowest BCUT2D eigenvalue weighted by molar-refractivity contribution is -0.122. The first-order chi connectivity index (χ1) is 11.2. The molecule has 0 saturated heterocycles. The Labute approximate surface area is 136 Å². The van der Waals surface area contributed by atoms with Crippen LogP contribution in [-0.4, -0.2) is 26.7 Å². The van der Waals surface area contributed by atoms with Crippen LogP contribution in [0.4, 0.5) is 0 Å². The van der Waals surface area contributed by atoms with Gasteiger partial charge in [-0.3, -0.25) is 4.79 Å². The lowest BCUT2D eigenvalue weighted by Gasteiger charge is -2.22. The van der Waals surface area contributed by atoms with Crippen LogP contribution in [0.1, 0.15) is 62.1 Å². The lowest BCUT2D eigenvalue weighted by Crippen LogP contribution is -2.38. The van der Waals surface area contributed by atoms with Crippen molar-refractivity contribution in [3.05, 3.63) is 23.5 Å². The van der Waals surface area contributed by atoms with Crippen molar-refractivity contribution in [2.24, 2.45) is 0 Å². The maximum atomic E-state index is 12.4. The fraction of sp³-hybridized carbons (Fsp3) is 0.611. The van der Waals surface area contributed by atoms with Crippen LogP contribution in [0.3, 0.4) is 0 Å². The first-order valence-electron chi connectivity index (χ1n) is 8.84. The van der Waals surface area contributed by atoms with Gasteiger partial charge in [-0.1, -0.05) is 19.3 Å². The van der Waals surface area contributed by atoms with Gasteiger partial charge in [0.2, 0.25) is 5.91 Å². The van der Waals surface area contributed by atoms with Crippen molar-refractivity contribution >= 4 is 16.9 Å². The van der Waals surface area contributed by atoms with E-state index in [9.17, 15) is 4.79 Å². The number of carbonyl (C=O) groups is 1. The largest absolute Gasteiger partial charge is 0.352 e. The monoisotopic (exact) mass is 312 g/mol. The third kappa shape index (κ3) is 2.96. The zero-order chi connectivity index (χ0) is 15.8. The molecule has 2 aromatic rings. The van der Waals surface area contributed by atoms with E-state index in [2.05, 4.69) is 21.5 Å². The summed E-state index contributed by atoms with van der Waals surface area (Å²) in [6.45, 7) is 2.29. The first-order valence-corrected chi connectivity index (χ1v) is 8.84. The molecule has 0 bridgehead atoms. The van der Waals surface area contributed by atoms with Crippen LogP contribution >= 0.6 is 0 Å². The molecule has 0 radical (unpaired) electrons. The molecule has 2 heterocycles. The second kappa shape index (κ2) is 5.95. The Kier molecular flexibility index (Phi) is 3.79. The maximum absolute atomic E-state index is 12.4. The molecule has 2 aromatic heterocycles. The van der Waals surface area contributed by atoms with Gasteiger partial charge in [-0.2, -0.15) is 5.10 Å². The van der Waals surface area contributed by atoms with Crippen LogP contribution in [0.25, 0.3) is 11.0 Å². The highest BCUT2D eigenvalue weighted by Crippen LogP contribution is 2.43. The van der Waals surface area contributed by atoms with Gasteiger partial charge in [0.1, 0.15) is 6.54 Å². The number of hydrogen-bond acceptors (Lipinski definition) is 3. The van der Waals surface area contributed by atoms with Gasteiger partial charge in [-0.15, -0.1) is 0 Å². The number of aryl methyl sites for hydroxylation is 1. The van der Waals surface area contributed by atoms with Gasteiger partial charge in [-0.25, -0.2) is 9.67 Å². The Bertz CT molecular complexity index is 726. The van der Waals surface area contributed by atoms with Crippen LogP contribution in [0, 0.1) is 6.92 Å². The summed E-state index contributed by atoms with van der Waals surface area (Å²) in [6.07, 6.45) is 10.3. The molecular weight excluding hydrogens is 288 g/mol. The summed E-state index contributed by atoms with van der Waals surface area (Å²) in [5.41, 5.74) is 3.19. The van der Waals surface area contributed by atoms with Crippen LogP contribution in [0.2, 0.25) is 0 Å². The maximum Gasteiger partial charge on any atom is 0.242 e. The molecule has 2 fully saturated rings. The van der Waals surface area contributed by atoms with Crippen molar-refractivity contribution in [3.63, 3.8) is 0 Å². The van der Waals surface area contributed by atoms with Gasteiger partial charge in [0.25, 0.3) is 0 Å². The SMILES string of the molecule is Cc1nn(CC(=O)NC2CCCCC2)c2nccc(C3CC3)c12. The highest BCUT2D eigenvalue weighted by atomic mass is 16.2. The number of aromatic nitrogens is 3. The molecule has 0 aromatic carbocycles. The number of rotatable bonds is 4. The van der Waals surface area contributed by atoms with Crippen molar-refractivity contribution in [2.75, 3.05) is 0 Å². The van der Waals surface area contributed by atoms with Crippen LogP contribution in [0.15, 0.2) is 12.3 Å². The van der Waals surface area contributed by atoms with Crippen molar-refractivity contribution in [3.8, 4) is 0 Å². The number of nitrogens with zero attached hydrogens (tertiary/aromatic N) is 3. The summed E-state index contributed by atoms with van der Waals surface area (Å²) in [5, 5.41) is 8.90. The summed E-state index contributed by atoms with van der Waals surface area (Å²) in [6, 6.07) is 2.45. The number of pyridine rings is 1. The van der Waals surface area contributed by atoms with Crippen LogP contribution < -0.4 is 5.32 Å². The minimum atomic E-state index is 0.0555. The smallest absolute Gasteiger partial charge is 0.242 e. The zero-order valence-corrected chi connectivity index (χ0v) is 13.7. The Morgan fingerprint density at radius 1 is 1.26 bits per heavy atom. The number of amides is 1. The van der Waals surface area contributed by atoms with E-state index >= 15 is 0 Å². The summed E-state index contributed by atoms with van der Waals surface area (Å²) in [7, 11) is 0. The van der Waals surface area contributed by atoms with Crippen molar-refractivity contribution in [1.29, 1.82) is 0 Å². The molecule has 2 saturated carbocycles. The molecule has 0 unspecified atom stereocenters. The summed E-state index contributed by atoms with van der Waals surface area (Å²) < 4.78 is 1.77. The van der Waals surface area contributed by atoms with Crippen molar-refractivity contribution < 1.29 is 4.79 Å². The second-order valence-electron chi connectivity index (χ2n) is 7.02. The molecule has 23 heavy (non-hydrogen) atoms. The standard InChI is InChI=1S/C18H24N4O/c1-12-17-15(13-7-8-13)9-10-19-18(17)22(21-12)11-16(23)20-14-5-3-2-4-6-14/h9-10,13-14H,2-8,11H2,1H3,(H,20,23). The highest BCUT2D eigenvalue weighted by Gasteiger charge is 2.28. The Morgan fingerprint density at radius 3 is 2.78 bits per heavy atom. The van der Waals surface area contributed by atoms with E-state index in [0.717, 1.165) is 29.6 Å². The number of nitrogens with one attached hydrogen (secondary N) is 1. The molecule has 4 rings (SSSR count). The Hall–Kier alpha value is -1.91. The molecule has 5 nitrogen and oxygen atoms in total. The van der Waals surface area contributed by atoms with E-state index in [-0.39, 0.29) is 12.5 Å². The summed E-state index contributed by atoms with van der Waals surface area (Å²) in [5.74, 6) is 0.716. The molecule has 0 atom stereocenters. The zero-order valence-electron chi connectivity index (χ0n) is 13.7. The number of carbonyl (C=O) groups excluding carboxylic acids is 1. The minimum absolute atomic E-state index is 0.0555. The highest BCUT2D eigenvalue weighted by molar-refractivity contribution is 5.85. The average molecular weight is 312 g/mol. The van der Waals surface area contributed by atoms with Gasteiger partial charge >= 0.3 is 0 Å². The quantitative estimate of drug-likeness (QED) is 0.944. The number of hydrogen-bond donors (Lipinski definition) is 1. The first kappa shape index (κ1) is 14.7. The van der Waals surface area contributed by atoms with E-state index in [1.807, 2.05) is 13.1 Å². The normalized spacial score (nSPS) is 19.2. The molecule has 1 amide bonds. The predicted octanol–water partition coefficient (Wildman–Crippen LogP) is 3.07. The van der Waals surface area contributed by atoms with E-state index in [0.29, 0.717) is 12.0 Å². The Balaban J connectivity index is 1.54. The molecule has 2 aliphatic carbocycles. The van der Waals surface area contributed by atoms with Gasteiger partial charge in [-0.05, 0) is 50.2 Å². The third-order valence-electron chi connectivity index (χ3n) is 5.12. The molecule has 122 valence electrons. The summed E-state index contributed by atoms with van der Waals surface area (Å²) >= 11 is 0. The fourth-order valence-corrected chi connectivity index (χ4v) is 3.81. The fourth-order valence-electron chi connectivity index (χ4n) is 3.81. The Morgan fingerprint density at radius 2 is 2.04 bits per heavy atom. The molecule has 1 N–H and O–H groups in total. The minimum Gasteiger partial charge on any atom is -0.352 e. The summed E-state index contributed by atoms with van der Waals surface area (Å²) in [4.78, 5) is 16.9. The van der Waals surface area contributed by atoms with Crippen molar-refractivity contribution in [2.45, 2.75) is 70.4 Å². The van der Waals surface area contributed by atoms with Crippen LogP contribution in [0.5, 0.6) is 0 Å². The van der Waals surface area contributed by atoms with Gasteiger partial charge in [0.15, 0.2) is 5.65 Å². The molecular formula is C18H24N4O. The number of fused-ring (bicyclic) bond motifs is 1. The van der Waals surface area contributed by atoms with Gasteiger partial charge < -0.3 is 5.32 Å². The van der Waals surface area contributed by atoms with E-state index in [1.54, 1.807) is 4.68 Å². The molecule has 0 aliphatic heterocycles. The van der Waals surface area contributed by atoms with Gasteiger partial charge in [0, 0.05) is 17.6 Å². The van der Waals surface area contributed by atoms with Crippen LogP contribution in [-0.2, 0) is 11.3 Å². The van der Waals surface area contributed by atoms with Gasteiger partial charge in [0.05, 0.1) is 5.69 Å². The van der Waals surface area contributed by atoms with E-state index in [4.69, 9.17) is 0 Å². The second-order valence-corrected chi connectivity index (χ2v) is 7.02. The molecule has 5 heteroatoms. The van der Waals surface area contributed by atoms with Crippen molar-refractivity contribution in [1.82, 2.24) is 20.1 Å². The molecule has 2 aliphatic rings.